The molecule has 1 saturated heterocycles. The number of amides is 1. The molecule has 0 N–H and O–H groups in total. The Morgan fingerprint density at radius 2 is 2.04 bits per heavy atom. The number of carbonyl (C=O) groups is 1. The summed E-state index contributed by atoms with van der Waals surface area (Å²) in [6.45, 7) is 2.52. The minimum Gasteiger partial charge on any atom is -0.338 e. The van der Waals surface area contributed by atoms with Gasteiger partial charge >= 0.3 is 0 Å². The van der Waals surface area contributed by atoms with E-state index in [4.69, 9.17) is 4.98 Å². The average Bonchev–Trinajstić information content (AvgIpc) is 2.72. The second-order valence-corrected chi connectivity index (χ2v) is 7.74. The molecule has 5 heteroatoms. The largest absolute Gasteiger partial charge is 0.338 e. The van der Waals surface area contributed by atoms with Crippen molar-refractivity contribution in [3.8, 4) is 0 Å². The predicted octanol–water partition coefficient (Wildman–Crippen LogP) is 3.15. The first-order chi connectivity index (χ1) is 13.2. The van der Waals surface area contributed by atoms with Gasteiger partial charge in [0.05, 0.1) is 11.7 Å². The van der Waals surface area contributed by atoms with Crippen molar-refractivity contribution >= 4 is 5.91 Å². The van der Waals surface area contributed by atoms with Gasteiger partial charge in [0.15, 0.2) is 0 Å². The van der Waals surface area contributed by atoms with Crippen molar-refractivity contribution in [1.29, 1.82) is 0 Å². The van der Waals surface area contributed by atoms with E-state index < -0.39 is 0 Å². The van der Waals surface area contributed by atoms with Crippen LogP contribution in [0, 0.1) is 0 Å². The van der Waals surface area contributed by atoms with Gasteiger partial charge in [-0.2, -0.15) is 0 Å². The Kier molecular flexibility index (Phi) is 5.48. The molecular formula is C22H28N4O. The normalized spacial score (nSPS) is 20.3. The first-order valence-corrected chi connectivity index (χ1v) is 10.1. The van der Waals surface area contributed by atoms with Gasteiger partial charge in [-0.05, 0) is 38.4 Å². The smallest absolute Gasteiger partial charge is 0.223 e. The van der Waals surface area contributed by atoms with E-state index in [0.717, 1.165) is 49.4 Å². The molecule has 4 rings (SSSR count). The van der Waals surface area contributed by atoms with Crippen molar-refractivity contribution in [1.82, 2.24) is 19.8 Å². The summed E-state index contributed by atoms with van der Waals surface area (Å²) >= 11 is 0. The highest BCUT2D eigenvalue weighted by molar-refractivity contribution is 5.76. The number of benzene rings is 1. The molecule has 5 nitrogen and oxygen atoms in total. The van der Waals surface area contributed by atoms with Crippen LogP contribution in [0.3, 0.4) is 0 Å². The summed E-state index contributed by atoms with van der Waals surface area (Å²) in [6.07, 6.45) is 7.79. The van der Waals surface area contributed by atoms with Crippen LogP contribution in [0.1, 0.15) is 54.4 Å². The maximum Gasteiger partial charge on any atom is 0.223 e. The van der Waals surface area contributed by atoms with Crippen molar-refractivity contribution in [2.45, 2.75) is 51.1 Å². The lowest BCUT2D eigenvalue weighted by Gasteiger charge is -2.33. The first kappa shape index (κ1) is 18.1. The second-order valence-electron chi connectivity index (χ2n) is 7.74. The van der Waals surface area contributed by atoms with Crippen LogP contribution < -0.4 is 0 Å². The minimum absolute atomic E-state index is 0.223. The summed E-state index contributed by atoms with van der Waals surface area (Å²) in [5.41, 5.74) is 3.45. The zero-order chi connectivity index (χ0) is 18.6. The molecule has 2 aliphatic heterocycles. The molecule has 1 amide bonds. The molecule has 27 heavy (non-hydrogen) atoms. The Bertz CT molecular complexity index is 792. The Labute approximate surface area is 161 Å². The fourth-order valence-electron chi connectivity index (χ4n) is 4.16. The summed E-state index contributed by atoms with van der Waals surface area (Å²) in [6, 6.07) is 10.6. The number of hydrogen-bond acceptors (Lipinski definition) is 4. The first-order valence-electron chi connectivity index (χ1n) is 10.1. The number of hydrogen-bond donors (Lipinski definition) is 0. The maximum absolute atomic E-state index is 12.6. The SMILES string of the molecule is CN1CCCCC1c1ncc2c(n1)CCN(C(=O)CCc1ccccc1)C2. The lowest BCUT2D eigenvalue weighted by Crippen LogP contribution is -2.37. The van der Waals surface area contributed by atoms with Crippen molar-refractivity contribution in [3.63, 3.8) is 0 Å². The Morgan fingerprint density at radius 1 is 1.19 bits per heavy atom. The molecule has 1 atom stereocenters. The summed E-state index contributed by atoms with van der Waals surface area (Å²) in [5, 5.41) is 0. The molecule has 0 bridgehead atoms. The number of fused-ring (bicyclic) bond motifs is 1. The molecular weight excluding hydrogens is 336 g/mol. The molecule has 0 saturated carbocycles. The third kappa shape index (κ3) is 4.19. The lowest BCUT2D eigenvalue weighted by molar-refractivity contribution is -0.132. The van der Waals surface area contributed by atoms with E-state index in [2.05, 4.69) is 29.1 Å². The van der Waals surface area contributed by atoms with Gasteiger partial charge in [0.25, 0.3) is 0 Å². The van der Waals surface area contributed by atoms with Gasteiger partial charge < -0.3 is 4.90 Å². The standard InChI is InChI=1S/C22H28N4O/c1-25-13-6-5-9-20(25)22-23-15-18-16-26(14-12-19(18)24-22)21(27)11-10-17-7-3-2-4-8-17/h2-4,7-8,15,20H,5-6,9-14,16H2,1H3. The van der Waals surface area contributed by atoms with Crippen LogP contribution in [0.25, 0.3) is 0 Å². The van der Waals surface area contributed by atoms with Crippen molar-refractivity contribution < 1.29 is 4.79 Å². The van der Waals surface area contributed by atoms with Crippen LogP contribution in [0.4, 0.5) is 0 Å². The Hall–Kier alpha value is -2.27. The predicted molar refractivity (Wildman–Crippen MR) is 105 cm³/mol. The number of rotatable bonds is 4. The monoisotopic (exact) mass is 364 g/mol. The summed E-state index contributed by atoms with van der Waals surface area (Å²) in [5.74, 6) is 1.18. The van der Waals surface area contributed by atoms with Gasteiger partial charge in [-0.15, -0.1) is 0 Å². The summed E-state index contributed by atoms with van der Waals surface area (Å²) < 4.78 is 0. The molecule has 0 aliphatic carbocycles. The van der Waals surface area contributed by atoms with E-state index in [1.807, 2.05) is 29.3 Å². The molecule has 1 aromatic heterocycles. The average molecular weight is 364 g/mol. The molecule has 3 heterocycles. The zero-order valence-corrected chi connectivity index (χ0v) is 16.1. The molecule has 1 aromatic carbocycles. The van der Waals surface area contributed by atoms with Crippen LogP contribution in [0.2, 0.25) is 0 Å². The molecule has 0 radical (unpaired) electrons. The fourth-order valence-corrected chi connectivity index (χ4v) is 4.16. The van der Waals surface area contributed by atoms with Crippen LogP contribution in [0.15, 0.2) is 36.5 Å². The number of nitrogens with zero attached hydrogens (tertiary/aromatic N) is 4. The second kappa shape index (κ2) is 8.17. The highest BCUT2D eigenvalue weighted by atomic mass is 16.2. The van der Waals surface area contributed by atoms with Crippen LogP contribution in [0.5, 0.6) is 0 Å². The topological polar surface area (TPSA) is 49.3 Å². The molecule has 2 aromatic rings. The number of carbonyl (C=O) groups excluding carboxylic acids is 1. The number of piperidine rings is 1. The summed E-state index contributed by atoms with van der Waals surface area (Å²) in [7, 11) is 2.17. The molecule has 1 unspecified atom stereocenters. The van der Waals surface area contributed by atoms with Crippen LogP contribution >= 0.6 is 0 Å². The molecule has 1 fully saturated rings. The van der Waals surface area contributed by atoms with E-state index in [9.17, 15) is 4.79 Å². The highest BCUT2D eigenvalue weighted by Crippen LogP contribution is 2.28. The Morgan fingerprint density at radius 3 is 2.85 bits per heavy atom. The third-order valence-corrected chi connectivity index (χ3v) is 5.84. The number of aryl methyl sites for hydroxylation is 1. The van der Waals surface area contributed by atoms with E-state index in [0.29, 0.717) is 19.0 Å². The minimum atomic E-state index is 0.223. The maximum atomic E-state index is 12.6. The lowest BCUT2D eigenvalue weighted by atomic mass is 10.0. The number of likely N-dealkylation sites (tertiary alicyclic amines) is 1. The van der Waals surface area contributed by atoms with Gasteiger partial charge in [-0.1, -0.05) is 36.8 Å². The zero-order valence-electron chi connectivity index (χ0n) is 16.1. The molecule has 2 aliphatic rings. The van der Waals surface area contributed by atoms with E-state index in [-0.39, 0.29) is 5.91 Å². The van der Waals surface area contributed by atoms with E-state index in [1.165, 1.54) is 18.4 Å². The van der Waals surface area contributed by atoms with Gasteiger partial charge in [-0.25, -0.2) is 9.97 Å². The van der Waals surface area contributed by atoms with Crippen molar-refractivity contribution in [2.24, 2.45) is 0 Å². The van der Waals surface area contributed by atoms with Gasteiger partial charge in [0.1, 0.15) is 5.82 Å². The van der Waals surface area contributed by atoms with E-state index >= 15 is 0 Å². The fraction of sp³-hybridized carbons (Fsp3) is 0.500. The van der Waals surface area contributed by atoms with E-state index in [1.54, 1.807) is 0 Å². The summed E-state index contributed by atoms with van der Waals surface area (Å²) in [4.78, 5) is 26.5. The number of aromatic nitrogens is 2. The van der Waals surface area contributed by atoms with Gasteiger partial charge in [-0.3, -0.25) is 9.69 Å². The third-order valence-electron chi connectivity index (χ3n) is 5.84. The van der Waals surface area contributed by atoms with Gasteiger partial charge in [0, 0.05) is 37.7 Å². The quantitative estimate of drug-likeness (QED) is 0.836. The van der Waals surface area contributed by atoms with Crippen LogP contribution in [-0.2, 0) is 24.2 Å². The highest BCUT2D eigenvalue weighted by Gasteiger charge is 2.26. The van der Waals surface area contributed by atoms with Crippen LogP contribution in [-0.4, -0.2) is 45.8 Å². The van der Waals surface area contributed by atoms with Crippen molar-refractivity contribution in [2.75, 3.05) is 20.1 Å². The molecule has 0 spiro atoms. The Balaban J connectivity index is 1.39. The van der Waals surface area contributed by atoms with Crippen molar-refractivity contribution in [3.05, 3.63) is 59.2 Å². The molecule has 142 valence electrons. The van der Waals surface area contributed by atoms with Gasteiger partial charge in [0.2, 0.25) is 5.91 Å².